The Hall–Kier alpha value is -0.350. The van der Waals surface area contributed by atoms with E-state index in [0.717, 1.165) is 11.8 Å². The first-order chi connectivity index (χ1) is 4.42. The lowest BCUT2D eigenvalue weighted by Gasteiger charge is -1.95. The average molecular weight is 163 g/mol. The minimum Gasteiger partial charge on any atom is -0.213 e. The van der Waals surface area contributed by atoms with E-state index in [1.54, 1.807) is 0 Å². The van der Waals surface area contributed by atoms with Gasteiger partial charge >= 0.3 is 0 Å². The summed E-state index contributed by atoms with van der Waals surface area (Å²) in [6.07, 6.45) is 2.97. The standard InChI is InChI=1S/C6H13NO2S/c1-6(2)4-5-7-10(3,8)9/h4,7H,5H2,1-3H3. The monoisotopic (exact) mass is 163 g/mol. The predicted octanol–water partition coefficient (Wildman–Crippen LogP) is 0.502. The fourth-order valence-electron chi connectivity index (χ4n) is 0.397. The van der Waals surface area contributed by atoms with Crippen LogP contribution < -0.4 is 4.72 Å². The molecule has 1 N–H and O–H groups in total. The van der Waals surface area contributed by atoms with Crippen LogP contribution in [-0.4, -0.2) is 21.2 Å². The van der Waals surface area contributed by atoms with Gasteiger partial charge in [-0.3, -0.25) is 0 Å². The van der Waals surface area contributed by atoms with E-state index < -0.39 is 10.0 Å². The van der Waals surface area contributed by atoms with Crippen molar-refractivity contribution in [1.82, 2.24) is 4.72 Å². The van der Waals surface area contributed by atoms with Gasteiger partial charge in [0.25, 0.3) is 0 Å². The second kappa shape index (κ2) is 3.73. The average Bonchev–Trinajstić information content (AvgIpc) is 1.59. The molecule has 0 aromatic heterocycles. The van der Waals surface area contributed by atoms with Crippen LogP contribution in [0.5, 0.6) is 0 Å². The van der Waals surface area contributed by atoms with Crippen LogP contribution >= 0.6 is 0 Å². The zero-order chi connectivity index (χ0) is 8.20. The maximum Gasteiger partial charge on any atom is 0.208 e. The summed E-state index contributed by atoms with van der Waals surface area (Å²) in [5, 5.41) is 0. The van der Waals surface area contributed by atoms with Crippen LogP contribution in [0.2, 0.25) is 0 Å². The molecule has 0 aromatic carbocycles. The molecular formula is C6H13NO2S. The van der Waals surface area contributed by atoms with Crippen molar-refractivity contribution in [2.75, 3.05) is 12.8 Å². The molecule has 0 aliphatic carbocycles. The van der Waals surface area contributed by atoms with Crippen molar-refractivity contribution in [2.45, 2.75) is 13.8 Å². The zero-order valence-electron chi connectivity index (χ0n) is 6.51. The summed E-state index contributed by atoms with van der Waals surface area (Å²) in [7, 11) is -3.01. The molecule has 60 valence electrons. The van der Waals surface area contributed by atoms with Gasteiger partial charge in [0.15, 0.2) is 0 Å². The van der Waals surface area contributed by atoms with Crippen molar-refractivity contribution in [3.63, 3.8) is 0 Å². The van der Waals surface area contributed by atoms with E-state index >= 15 is 0 Å². The third kappa shape index (κ3) is 7.65. The highest BCUT2D eigenvalue weighted by Crippen LogP contribution is 1.85. The minimum absolute atomic E-state index is 0.390. The summed E-state index contributed by atoms with van der Waals surface area (Å²) in [4.78, 5) is 0. The van der Waals surface area contributed by atoms with Crippen molar-refractivity contribution in [3.05, 3.63) is 11.6 Å². The van der Waals surface area contributed by atoms with Gasteiger partial charge in [-0.1, -0.05) is 11.6 Å². The molecule has 0 heterocycles. The number of hydrogen-bond acceptors (Lipinski definition) is 2. The van der Waals surface area contributed by atoms with Crippen LogP contribution in [0.25, 0.3) is 0 Å². The first-order valence-electron chi connectivity index (χ1n) is 3.00. The highest BCUT2D eigenvalue weighted by molar-refractivity contribution is 7.88. The molecule has 0 spiro atoms. The van der Waals surface area contributed by atoms with Gasteiger partial charge in [0.2, 0.25) is 10.0 Å². The van der Waals surface area contributed by atoms with Crippen LogP contribution in [0, 0.1) is 0 Å². The van der Waals surface area contributed by atoms with Crippen LogP contribution in [-0.2, 0) is 10.0 Å². The molecule has 0 bridgehead atoms. The zero-order valence-corrected chi connectivity index (χ0v) is 7.33. The molecule has 0 aromatic rings. The molecule has 0 amide bonds. The third-order valence-corrected chi connectivity index (χ3v) is 1.55. The van der Waals surface area contributed by atoms with Crippen LogP contribution in [0.3, 0.4) is 0 Å². The van der Waals surface area contributed by atoms with Crippen molar-refractivity contribution in [3.8, 4) is 0 Å². The number of hydrogen-bond donors (Lipinski definition) is 1. The molecule has 0 rings (SSSR count). The summed E-state index contributed by atoms with van der Waals surface area (Å²) in [6.45, 7) is 4.23. The molecule has 0 unspecified atom stereocenters. The highest BCUT2D eigenvalue weighted by Gasteiger charge is 1.95. The number of rotatable bonds is 3. The molecular weight excluding hydrogens is 150 g/mol. The molecule has 0 saturated carbocycles. The third-order valence-electron chi connectivity index (χ3n) is 0.856. The van der Waals surface area contributed by atoms with E-state index in [4.69, 9.17) is 0 Å². The van der Waals surface area contributed by atoms with Gasteiger partial charge in [-0.25, -0.2) is 13.1 Å². The lowest BCUT2D eigenvalue weighted by molar-refractivity contribution is 0.591. The Bertz CT molecular complexity index is 212. The lowest BCUT2D eigenvalue weighted by Crippen LogP contribution is -2.21. The van der Waals surface area contributed by atoms with E-state index in [2.05, 4.69) is 4.72 Å². The van der Waals surface area contributed by atoms with Crippen molar-refractivity contribution >= 4 is 10.0 Å². The predicted molar refractivity (Wildman–Crippen MR) is 42.3 cm³/mol. The van der Waals surface area contributed by atoms with Gasteiger partial charge in [0.05, 0.1) is 6.26 Å². The maximum atomic E-state index is 10.5. The first-order valence-corrected chi connectivity index (χ1v) is 4.89. The van der Waals surface area contributed by atoms with Crippen LogP contribution in [0.4, 0.5) is 0 Å². The lowest BCUT2D eigenvalue weighted by atomic mass is 10.3. The Morgan fingerprint density at radius 1 is 1.50 bits per heavy atom. The van der Waals surface area contributed by atoms with Crippen molar-refractivity contribution in [1.29, 1.82) is 0 Å². The molecule has 0 saturated heterocycles. The Morgan fingerprint density at radius 3 is 2.30 bits per heavy atom. The summed E-state index contributed by atoms with van der Waals surface area (Å²) in [5.74, 6) is 0. The maximum absolute atomic E-state index is 10.5. The summed E-state index contributed by atoms with van der Waals surface area (Å²) in [5.41, 5.74) is 1.11. The topological polar surface area (TPSA) is 46.2 Å². The Balaban J connectivity index is 3.69. The minimum atomic E-state index is -3.01. The normalized spacial score (nSPS) is 11.1. The summed E-state index contributed by atoms with van der Waals surface area (Å²) in [6, 6.07) is 0. The number of sulfonamides is 1. The number of allylic oxidation sites excluding steroid dienone is 1. The molecule has 10 heavy (non-hydrogen) atoms. The van der Waals surface area contributed by atoms with E-state index in [1.807, 2.05) is 19.9 Å². The Kier molecular flexibility index (Phi) is 3.60. The molecule has 0 aliphatic rings. The van der Waals surface area contributed by atoms with E-state index in [1.165, 1.54) is 0 Å². The molecule has 3 nitrogen and oxygen atoms in total. The largest absolute Gasteiger partial charge is 0.213 e. The Morgan fingerprint density at radius 2 is 2.00 bits per heavy atom. The van der Waals surface area contributed by atoms with Gasteiger partial charge in [-0.2, -0.15) is 0 Å². The van der Waals surface area contributed by atoms with Gasteiger partial charge in [-0.15, -0.1) is 0 Å². The molecule has 0 radical (unpaired) electrons. The highest BCUT2D eigenvalue weighted by atomic mass is 32.2. The molecule has 0 aliphatic heterocycles. The van der Waals surface area contributed by atoms with Gasteiger partial charge in [0, 0.05) is 6.54 Å². The molecule has 4 heteroatoms. The smallest absolute Gasteiger partial charge is 0.208 e. The van der Waals surface area contributed by atoms with E-state index in [9.17, 15) is 8.42 Å². The van der Waals surface area contributed by atoms with Crippen LogP contribution in [0.15, 0.2) is 11.6 Å². The van der Waals surface area contributed by atoms with Crippen molar-refractivity contribution in [2.24, 2.45) is 0 Å². The van der Waals surface area contributed by atoms with Crippen LogP contribution in [0.1, 0.15) is 13.8 Å². The second-order valence-electron chi connectivity index (χ2n) is 2.40. The first kappa shape index (κ1) is 9.65. The molecule has 0 atom stereocenters. The summed E-state index contributed by atoms with van der Waals surface area (Å²) >= 11 is 0. The van der Waals surface area contributed by atoms with E-state index in [-0.39, 0.29) is 0 Å². The SMILES string of the molecule is CC(C)=CCNS(C)(=O)=O. The van der Waals surface area contributed by atoms with E-state index in [0.29, 0.717) is 6.54 Å². The molecule has 0 fully saturated rings. The fraction of sp³-hybridized carbons (Fsp3) is 0.667. The number of nitrogens with one attached hydrogen (secondary N) is 1. The quantitative estimate of drug-likeness (QED) is 0.616. The van der Waals surface area contributed by atoms with Gasteiger partial charge in [0.1, 0.15) is 0 Å². The Labute approximate surface area is 62.2 Å². The second-order valence-corrected chi connectivity index (χ2v) is 4.24. The summed E-state index contributed by atoms with van der Waals surface area (Å²) < 4.78 is 23.3. The fourth-order valence-corrected chi connectivity index (χ4v) is 0.783. The van der Waals surface area contributed by atoms with Gasteiger partial charge < -0.3 is 0 Å². The van der Waals surface area contributed by atoms with Gasteiger partial charge in [-0.05, 0) is 13.8 Å². The van der Waals surface area contributed by atoms with Crippen molar-refractivity contribution < 1.29 is 8.42 Å².